The van der Waals surface area contributed by atoms with E-state index in [1.165, 1.54) is 7.11 Å². The summed E-state index contributed by atoms with van der Waals surface area (Å²) in [5.41, 5.74) is 4.49. The van der Waals surface area contributed by atoms with Crippen LogP contribution < -0.4 is 5.73 Å². The van der Waals surface area contributed by atoms with Crippen molar-refractivity contribution >= 4 is 11.9 Å². The quantitative estimate of drug-likeness (QED) is 0.525. The van der Waals surface area contributed by atoms with Crippen molar-refractivity contribution in [3.8, 4) is 0 Å². The molecule has 5 heteroatoms. The molecule has 1 aliphatic rings. The summed E-state index contributed by atoms with van der Waals surface area (Å²) in [7, 11) is 1.26. The van der Waals surface area contributed by atoms with Crippen molar-refractivity contribution in [2.45, 2.75) is 18.4 Å². The molecule has 68 valence electrons. The lowest BCUT2D eigenvalue weighted by molar-refractivity contribution is -0.161. The van der Waals surface area contributed by atoms with E-state index >= 15 is 0 Å². The van der Waals surface area contributed by atoms with Crippen molar-refractivity contribution in [3.05, 3.63) is 0 Å². The lowest BCUT2D eigenvalue weighted by Gasteiger charge is -2.29. The zero-order valence-corrected chi connectivity index (χ0v) is 6.83. The van der Waals surface area contributed by atoms with Gasteiger partial charge in [0, 0.05) is 6.42 Å². The maximum atomic E-state index is 11.1. The molecule has 0 aliphatic carbocycles. The number of nitrogens with two attached hydrogens (primary N) is 1. The number of cyclic esters (lactones) is 1. The molecule has 0 spiro atoms. The van der Waals surface area contributed by atoms with Gasteiger partial charge in [0.15, 0.2) is 0 Å². The van der Waals surface area contributed by atoms with Crippen LogP contribution in [0.25, 0.3) is 0 Å². The first-order valence-electron chi connectivity index (χ1n) is 3.61. The highest BCUT2D eigenvalue weighted by Crippen LogP contribution is 2.18. The van der Waals surface area contributed by atoms with Crippen molar-refractivity contribution in [2.24, 2.45) is 5.73 Å². The molecule has 1 saturated heterocycles. The summed E-state index contributed by atoms with van der Waals surface area (Å²) in [6.45, 7) is -0.0848. The number of methoxy groups -OCH3 is 1. The van der Waals surface area contributed by atoms with Crippen molar-refractivity contribution in [1.29, 1.82) is 0 Å². The summed E-state index contributed by atoms with van der Waals surface area (Å²) < 4.78 is 9.12. The number of ether oxygens (including phenoxy) is 2. The Balaban J connectivity index is 2.61. The molecule has 1 fully saturated rings. The first kappa shape index (κ1) is 8.99. The number of rotatable bonds is 1. The molecule has 0 aromatic rings. The Morgan fingerprint density at radius 2 is 2.42 bits per heavy atom. The van der Waals surface area contributed by atoms with Crippen LogP contribution in [0.15, 0.2) is 0 Å². The van der Waals surface area contributed by atoms with E-state index in [9.17, 15) is 9.59 Å². The Kier molecular flexibility index (Phi) is 2.32. The van der Waals surface area contributed by atoms with Gasteiger partial charge in [-0.15, -0.1) is 0 Å². The number of hydrogen-bond acceptors (Lipinski definition) is 5. The maximum absolute atomic E-state index is 11.1. The van der Waals surface area contributed by atoms with E-state index in [1.54, 1.807) is 0 Å². The van der Waals surface area contributed by atoms with Crippen LogP contribution in [0.4, 0.5) is 0 Å². The van der Waals surface area contributed by atoms with Crippen LogP contribution in [0.2, 0.25) is 0 Å². The summed E-state index contributed by atoms with van der Waals surface area (Å²) in [4.78, 5) is 21.7. The molecule has 0 aromatic heterocycles. The molecule has 1 heterocycles. The van der Waals surface area contributed by atoms with Crippen molar-refractivity contribution < 1.29 is 19.1 Å². The molecule has 0 saturated carbocycles. The Bertz CT molecular complexity index is 203. The number of esters is 2. The molecule has 5 nitrogen and oxygen atoms in total. The number of carbonyl (C=O) groups excluding carboxylic acids is 2. The van der Waals surface area contributed by atoms with Crippen LogP contribution >= 0.6 is 0 Å². The third-order valence-corrected chi connectivity index (χ3v) is 1.86. The summed E-state index contributed by atoms with van der Waals surface area (Å²) in [6, 6.07) is 0. The van der Waals surface area contributed by atoms with Crippen LogP contribution in [0, 0.1) is 0 Å². The molecular formula is C7H11NO4. The van der Waals surface area contributed by atoms with Gasteiger partial charge in [-0.3, -0.25) is 4.79 Å². The Morgan fingerprint density at radius 1 is 1.75 bits per heavy atom. The second-order valence-electron chi connectivity index (χ2n) is 2.81. The smallest absolute Gasteiger partial charge is 0.329 e. The Labute approximate surface area is 69.8 Å². The summed E-state index contributed by atoms with van der Waals surface area (Å²) in [6.07, 6.45) is 0.462. The molecule has 0 unspecified atom stereocenters. The normalized spacial score (nSPS) is 29.3. The zero-order valence-electron chi connectivity index (χ0n) is 6.83. The average Bonchev–Trinajstić information content (AvgIpc) is 2.09. The van der Waals surface area contributed by atoms with E-state index in [1.807, 2.05) is 0 Å². The molecule has 1 rings (SSSR count). The molecular weight excluding hydrogens is 162 g/mol. The fraction of sp³-hybridized carbons (Fsp3) is 0.714. The van der Waals surface area contributed by atoms with Gasteiger partial charge >= 0.3 is 11.9 Å². The van der Waals surface area contributed by atoms with Crippen LogP contribution in [0.3, 0.4) is 0 Å². The first-order chi connectivity index (χ1) is 5.58. The van der Waals surface area contributed by atoms with E-state index in [4.69, 9.17) is 5.73 Å². The molecule has 12 heavy (non-hydrogen) atoms. The van der Waals surface area contributed by atoms with Gasteiger partial charge in [0.1, 0.15) is 12.1 Å². The van der Waals surface area contributed by atoms with E-state index in [2.05, 4.69) is 9.47 Å². The predicted octanol–water partition coefficient (Wildman–Crippen LogP) is -0.806. The number of carbonyl (C=O) groups is 2. The molecule has 2 N–H and O–H groups in total. The molecule has 1 atom stereocenters. The van der Waals surface area contributed by atoms with Crippen LogP contribution in [0.5, 0.6) is 0 Å². The first-order valence-corrected chi connectivity index (χ1v) is 3.61. The minimum Gasteiger partial charge on any atom is -0.468 e. The van der Waals surface area contributed by atoms with Crippen molar-refractivity contribution in [3.63, 3.8) is 0 Å². The fourth-order valence-electron chi connectivity index (χ4n) is 1.04. The highest BCUT2D eigenvalue weighted by molar-refractivity contribution is 5.83. The molecule has 0 radical (unpaired) electrons. The monoisotopic (exact) mass is 173 g/mol. The highest BCUT2D eigenvalue weighted by Gasteiger charge is 2.40. The van der Waals surface area contributed by atoms with Gasteiger partial charge in [-0.2, -0.15) is 0 Å². The van der Waals surface area contributed by atoms with Crippen LogP contribution in [-0.2, 0) is 19.1 Å². The van der Waals surface area contributed by atoms with Gasteiger partial charge in [0.05, 0.1) is 7.11 Å². The Hall–Kier alpha value is -1.10. The van der Waals surface area contributed by atoms with Gasteiger partial charge in [-0.05, 0) is 6.42 Å². The van der Waals surface area contributed by atoms with Crippen molar-refractivity contribution in [2.75, 3.05) is 13.7 Å². The maximum Gasteiger partial charge on any atom is 0.329 e. The number of hydrogen-bond donors (Lipinski definition) is 1. The topological polar surface area (TPSA) is 78.6 Å². The van der Waals surface area contributed by atoms with E-state index in [-0.39, 0.29) is 19.0 Å². The molecule has 0 aromatic carbocycles. The van der Waals surface area contributed by atoms with Gasteiger partial charge in [-0.25, -0.2) is 4.79 Å². The highest BCUT2D eigenvalue weighted by atomic mass is 16.5. The lowest BCUT2D eigenvalue weighted by atomic mass is 9.94. The van der Waals surface area contributed by atoms with Gasteiger partial charge < -0.3 is 15.2 Å². The lowest BCUT2D eigenvalue weighted by Crippen LogP contribution is -2.55. The SMILES string of the molecule is COC(=O)[C@]1(N)CCC(=O)OC1. The molecule has 1 aliphatic heterocycles. The summed E-state index contributed by atoms with van der Waals surface area (Å²) >= 11 is 0. The standard InChI is InChI=1S/C7H11NO4/c1-11-6(10)7(8)3-2-5(9)12-4-7/h2-4,8H2,1H3/t7-/m0/s1. The summed E-state index contributed by atoms with van der Waals surface area (Å²) in [5, 5.41) is 0. The fourth-order valence-corrected chi connectivity index (χ4v) is 1.04. The second-order valence-corrected chi connectivity index (χ2v) is 2.81. The van der Waals surface area contributed by atoms with Crippen LogP contribution in [-0.4, -0.2) is 31.2 Å². The third-order valence-electron chi connectivity index (χ3n) is 1.86. The van der Waals surface area contributed by atoms with E-state index < -0.39 is 11.5 Å². The second kappa shape index (κ2) is 3.10. The van der Waals surface area contributed by atoms with Gasteiger partial charge in [0.2, 0.25) is 0 Å². The van der Waals surface area contributed by atoms with Gasteiger partial charge in [0.25, 0.3) is 0 Å². The molecule has 0 amide bonds. The minimum atomic E-state index is -1.14. The van der Waals surface area contributed by atoms with Gasteiger partial charge in [-0.1, -0.05) is 0 Å². The minimum absolute atomic E-state index is 0.0848. The zero-order chi connectivity index (χ0) is 9.19. The van der Waals surface area contributed by atoms with Crippen molar-refractivity contribution in [1.82, 2.24) is 0 Å². The predicted molar refractivity (Wildman–Crippen MR) is 39.1 cm³/mol. The summed E-state index contributed by atoms with van der Waals surface area (Å²) in [5.74, 6) is -0.852. The van der Waals surface area contributed by atoms with Crippen LogP contribution in [0.1, 0.15) is 12.8 Å². The largest absolute Gasteiger partial charge is 0.468 e. The third kappa shape index (κ3) is 1.55. The Morgan fingerprint density at radius 3 is 2.83 bits per heavy atom. The van der Waals surface area contributed by atoms with E-state index in [0.717, 1.165) is 0 Å². The van der Waals surface area contributed by atoms with E-state index in [0.29, 0.717) is 6.42 Å². The average molecular weight is 173 g/mol. The molecule has 0 bridgehead atoms.